The normalized spacial score (nSPS) is 30.4. The highest BCUT2D eigenvalue weighted by molar-refractivity contribution is 7.92. The monoisotopic (exact) mass is 575 g/mol. The molecule has 1 saturated heterocycles. The van der Waals surface area contributed by atoms with Gasteiger partial charge in [0.1, 0.15) is 10.6 Å². The van der Waals surface area contributed by atoms with E-state index in [2.05, 4.69) is 4.72 Å². The molecule has 0 spiro atoms. The predicted molar refractivity (Wildman–Crippen MR) is 130 cm³/mol. The second-order valence-corrected chi connectivity index (χ2v) is 14.4. The zero-order chi connectivity index (χ0) is 26.8. The number of sulfone groups is 1. The molecule has 2 aromatic carbocycles. The van der Waals surface area contributed by atoms with E-state index < -0.39 is 76.7 Å². The lowest BCUT2D eigenvalue weighted by atomic mass is 9.64. The quantitative estimate of drug-likeness (QED) is 0.557. The van der Waals surface area contributed by atoms with E-state index in [9.17, 15) is 26.0 Å². The lowest BCUT2D eigenvalue weighted by Gasteiger charge is -2.54. The van der Waals surface area contributed by atoms with E-state index in [-0.39, 0.29) is 43.6 Å². The largest absolute Gasteiger partial charge is 0.490 e. The highest BCUT2D eigenvalue weighted by Crippen LogP contribution is 2.59. The zero-order valence-electron chi connectivity index (χ0n) is 19.4. The molecule has 0 unspecified atom stereocenters. The summed E-state index contributed by atoms with van der Waals surface area (Å²) in [6.07, 6.45) is -0.721. The number of sulfonamides is 1. The Morgan fingerprint density at radius 2 is 1.84 bits per heavy atom. The summed E-state index contributed by atoms with van der Waals surface area (Å²) in [7, 11) is -8.26. The molecule has 37 heavy (non-hydrogen) atoms. The Bertz CT molecular complexity index is 1470. The van der Waals surface area contributed by atoms with Crippen molar-refractivity contribution >= 4 is 37.4 Å². The third kappa shape index (κ3) is 4.12. The summed E-state index contributed by atoms with van der Waals surface area (Å²) in [6, 6.07) is 6.48. The summed E-state index contributed by atoms with van der Waals surface area (Å²) in [6.45, 7) is -0.283. The number of hydrogen-bond donors (Lipinski definition) is 2. The molecule has 2 aliphatic heterocycles. The Balaban J connectivity index is 1.69. The van der Waals surface area contributed by atoms with Gasteiger partial charge >= 0.3 is 5.97 Å². The fraction of sp³-hybridized carbons (Fsp3) is 0.458. The topological polar surface area (TPSA) is 127 Å². The van der Waals surface area contributed by atoms with Gasteiger partial charge in [-0.25, -0.2) is 30.3 Å². The molecule has 5 atom stereocenters. The van der Waals surface area contributed by atoms with Crippen molar-refractivity contribution in [3.05, 3.63) is 58.6 Å². The second kappa shape index (κ2) is 9.18. The van der Waals surface area contributed by atoms with E-state index >= 15 is 4.39 Å². The van der Waals surface area contributed by atoms with Gasteiger partial charge in [-0.1, -0.05) is 11.6 Å². The van der Waals surface area contributed by atoms with E-state index in [1.807, 2.05) is 0 Å². The Morgan fingerprint density at radius 1 is 1.16 bits per heavy atom. The summed E-state index contributed by atoms with van der Waals surface area (Å²) in [5, 5.41) is 8.30. The highest BCUT2D eigenvalue weighted by atomic mass is 35.5. The van der Waals surface area contributed by atoms with Gasteiger partial charge in [-0.15, -0.1) is 0 Å². The number of carboxylic acid groups (broad SMARTS) is 1. The summed E-state index contributed by atoms with van der Waals surface area (Å²) < 4.78 is 91.1. The van der Waals surface area contributed by atoms with Gasteiger partial charge in [0.25, 0.3) is 0 Å². The van der Waals surface area contributed by atoms with E-state index in [1.54, 1.807) is 0 Å². The maximum atomic E-state index is 15.5. The summed E-state index contributed by atoms with van der Waals surface area (Å²) >= 11 is 5.96. The van der Waals surface area contributed by atoms with Crippen LogP contribution in [0.3, 0.4) is 0 Å². The number of aliphatic carboxylic acids is 1. The molecule has 3 aliphatic rings. The number of fused-ring (bicyclic) bond motifs is 5. The van der Waals surface area contributed by atoms with Gasteiger partial charge < -0.3 is 9.84 Å². The minimum absolute atomic E-state index is 0.0362. The Labute approximate surface area is 217 Å². The van der Waals surface area contributed by atoms with Gasteiger partial charge in [-0.3, -0.25) is 4.79 Å². The number of carboxylic acids is 1. The molecule has 2 heterocycles. The van der Waals surface area contributed by atoms with Crippen LogP contribution in [0.4, 0.5) is 8.78 Å². The average molecular weight is 576 g/mol. The first kappa shape index (κ1) is 26.3. The van der Waals surface area contributed by atoms with Crippen molar-refractivity contribution in [1.29, 1.82) is 0 Å². The van der Waals surface area contributed by atoms with E-state index in [1.165, 1.54) is 24.3 Å². The van der Waals surface area contributed by atoms with Crippen molar-refractivity contribution in [2.75, 3.05) is 6.61 Å². The standard InChI is InChI=1S/C24H24ClF2NO7S2/c25-13-1-3-14(4-2-13)36(31,32)24-10-9-20-16(11-15(5-8-21(29)30)37(33,34)28-20)17(24)12-35-23-19(27)7-6-18(26)22(23)24/h1-4,6-7,15-17,20,28H,5,8-12H2,(H,29,30)/t15-,16+,17+,20-,24+/m1/s1. The molecule has 0 aromatic heterocycles. The maximum absolute atomic E-state index is 15.5. The van der Waals surface area contributed by atoms with E-state index in [0.29, 0.717) is 5.02 Å². The molecule has 2 fully saturated rings. The summed E-state index contributed by atoms with van der Waals surface area (Å²) in [4.78, 5) is 11.0. The third-order valence-corrected chi connectivity index (χ3v) is 12.7. The minimum atomic E-state index is -4.39. The van der Waals surface area contributed by atoms with Crippen molar-refractivity contribution in [2.24, 2.45) is 11.8 Å². The van der Waals surface area contributed by atoms with Gasteiger partial charge in [0, 0.05) is 23.4 Å². The van der Waals surface area contributed by atoms with Crippen LogP contribution in [0.1, 0.15) is 37.7 Å². The number of halogens is 3. The first-order valence-corrected chi connectivity index (χ1v) is 15.1. The molecule has 13 heteroatoms. The molecule has 8 nitrogen and oxygen atoms in total. The fourth-order valence-electron chi connectivity index (χ4n) is 6.27. The Morgan fingerprint density at radius 3 is 2.51 bits per heavy atom. The molecule has 5 rings (SSSR count). The van der Waals surface area contributed by atoms with Crippen LogP contribution in [0.2, 0.25) is 5.02 Å². The number of rotatable bonds is 5. The van der Waals surface area contributed by atoms with Crippen molar-refractivity contribution in [1.82, 2.24) is 4.72 Å². The van der Waals surface area contributed by atoms with Gasteiger partial charge in [-0.05, 0) is 68.0 Å². The molecule has 0 bridgehead atoms. The number of benzene rings is 2. The van der Waals surface area contributed by atoms with Crippen molar-refractivity contribution in [3.63, 3.8) is 0 Å². The minimum Gasteiger partial charge on any atom is -0.490 e. The SMILES string of the molecule is O=C(O)CC[C@@H]1C[C@@H]2[C@@H](CC[C@@]3(S(=O)(=O)c4ccc(Cl)cc4)c4c(F)ccc(F)c4OC[C@@H]23)NS1(=O)=O. The number of nitrogens with one attached hydrogen (secondary N) is 1. The average Bonchev–Trinajstić information content (AvgIpc) is 2.84. The highest BCUT2D eigenvalue weighted by Gasteiger charge is 2.64. The molecule has 1 aliphatic carbocycles. The Kier molecular flexibility index (Phi) is 6.53. The third-order valence-electron chi connectivity index (χ3n) is 7.92. The van der Waals surface area contributed by atoms with Crippen LogP contribution in [0.15, 0.2) is 41.3 Å². The van der Waals surface area contributed by atoms with Gasteiger partial charge in [0.05, 0.1) is 22.3 Å². The van der Waals surface area contributed by atoms with E-state index in [4.69, 9.17) is 21.4 Å². The van der Waals surface area contributed by atoms with Gasteiger partial charge in [-0.2, -0.15) is 0 Å². The van der Waals surface area contributed by atoms with Crippen molar-refractivity contribution in [3.8, 4) is 5.75 Å². The first-order valence-electron chi connectivity index (χ1n) is 11.7. The fourth-order valence-corrected chi connectivity index (χ4v) is 10.6. The molecule has 0 amide bonds. The van der Waals surface area contributed by atoms with Crippen LogP contribution in [0, 0.1) is 23.5 Å². The van der Waals surface area contributed by atoms with Crippen LogP contribution >= 0.6 is 11.6 Å². The van der Waals surface area contributed by atoms with Crippen molar-refractivity contribution < 1.29 is 40.3 Å². The molecular formula is C24H24ClF2NO7S2. The van der Waals surface area contributed by atoms with Crippen molar-refractivity contribution in [2.45, 2.75) is 53.0 Å². The molecule has 2 N–H and O–H groups in total. The number of carbonyl (C=O) groups is 1. The summed E-state index contributed by atoms with van der Waals surface area (Å²) in [5.41, 5.74) is -0.396. The first-order chi connectivity index (χ1) is 17.4. The molecule has 1 saturated carbocycles. The lowest BCUT2D eigenvalue weighted by Crippen LogP contribution is -2.63. The molecule has 0 radical (unpaired) electrons. The summed E-state index contributed by atoms with van der Waals surface area (Å²) in [5.74, 6) is -5.03. The molecule has 2 aromatic rings. The smallest absolute Gasteiger partial charge is 0.303 e. The van der Waals surface area contributed by atoms with Crippen LogP contribution < -0.4 is 9.46 Å². The van der Waals surface area contributed by atoms with Crippen LogP contribution in [-0.2, 0) is 29.4 Å². The van der Waals surface area contributed by atoms with Crippen LogP contribution in [0.5, 0.6) is 5.75 Å². The number of ether oxygens (including phenoxy) is 1. The zero-order valence-corrected chi connectivity index (χ0v) is 21.8. The maximum Gasteiger partial charge on any atom is 0.303 e. The predicted octanol–water partition coefficient (Wildman–Crippen LogP) is 3.63. The number of hydrogen-bond acceptors (Lipinski definition) is 6. The van der Waals surface area contributed by atoms with Gasteiger partial charge in [0.2, 0.25) is 10.0 Å². The molecule has 200 valence electrons. The van der Waals surface area contributed by atoms with Gasteiger partial charge in [0.15, 0.2) is 21.4 Å². The van der Waals surface area contributed by atoms with E-state index in [0.717, 1.165) is 12.1 Å². The molecular weight excluding hydrogens is 552 g/mol. The Hall–Kier alpha value is -2.28. The van der Waals surface area contributed by atoms with Crippen LogP contribution in [0.25, 0.3) is 0 Å². The van der Waals surface area contributed by atoms with Crippen LogP contribution in [-0.4, -0.2) is 45.8 Å². The second-order valence-electron chi connectivity index (χ2n) is 9.76. The lowest BCUT2D eigenvalue weighted by molar-refractivity contribution is -0.137.